The molecule has 1 aromatic heterocycles. The average molecular weight is 410 g/mol. The number of H-pyrrole nitrogens is 1. The Morgan fingerprint density at radius 3 is 2.72 bits per heavy atom. The Balaban J connectivity index is 1.63. The molecule has 4 rings (SSSR count). The number of amides is 1. The summed E-state index contributed by atoms with van der Waals surface area (Å²) in [6.07, 6.45) is 1.79. The molecule has 152 valence electrons. The number of rotatable bonds is 5. The number of fused-ring (bicyclic) bond motifs is 3. The van der Waals surface area contributed by atoms with Gasteiger partial charge in [0.15, 0.2) is 0 Å². The van der Waals surface area contributed by atoms with Gasteiger partial charge in [0.25, 0.3) is 0 Å². The number of carbonyl (C=O) groups is 1. The van der Waals surface area contributed by atoms with Gasteiger partial charge in [-0.15, -0.1) is 0 Å². The maximum atomic E-state index is 13.3. The van der Waals surface area contributed by atoms with Crippen LogP contribution in [-0.2, 0) is 11.2 Å². The molecule has 1 unspecified atom stereocenters. The number of likely N-dealkylation sites (N-methyl/N-ethyl adjacent to an activating group) is 1. The molecule has 0 saturated heterocycles. The summed E-state index contributed by atoms with van der Waals surface area (Å²) in [5, 5.41) is 1.94. The summed E-state index contributed by atoms with van der Waals surface area (Å²) in [5.74, 6) is 0.660. The van der Waals surface area contributed by atoms with Gasteiger partial charge in [-0.2, -0.15) is 0 Å². The van der Waals surface area contributed by atoms with E-state index in [-0.39, 0.29) is 11.9 Å². The summed E-state index contributed by atoms with van der Waals surface area (Å²) in [5.41, 5.74) is 4.65. The van der Waals surface area contributed by atoms with Gasteiger partial charge in [0.1, 0.15) is 0 Å². The van der Waals surface area contributed by atoms with Gasteiger partial charge >= 0.3 is 0 Å². The summed E-state index contributed by atoms with van der Waals surface area (Å²) in [7, 11) is 1.98. The fraction of sp³-hybridized carbons (Fsp3) is 0.375. The largest absolute Gasteiger partial charge is 0.365 e. The van der Waals surface area contributed by atoms with Crippen molar-refractivity contribution in [3.8, 4) is 0 Å². The summed E-state index contributed by atoms with van der Waals surface area (Å²) >= 11 is 6.25. The van der Waals surface area contributed by atoms with Crippen molar-refractivity contribution in [1.82, 2.24) is 9.88 Å². The molecule has 1 aliphatic rings. The quantitative estimate of drug-likeness (QED) is 0.610. The minimum Gasteiger partial charge on any atom is -0.365 e. The van der Waals surface area contributed by atoms with Gasteiger partial charge in [-0.25, -0.2) is 0 Å². The van der Waals surface area contributed by atoms with Crippen LogP contribution < -0.4 is 4.90 Å². The molecule has 1 N–H and O–H groups in total. The van der Waals surface area contributed by atoms with Crippen LogP contribution in [0.1, 0.15) is 37.6 Å². The lowest BCUT2D eigenvalue weighted by Gasteiger charge is -2.38. The summed E-state index contributed by atoms with van der Waals surface area (Å²) in [6, 6.07) is 16.1. The van der Waals surface area contributed by atoms with Gasteiger partial charge in [0, 0.05) is 40.9 Å². The highest BCUT2D eigenvalue weighted by Crippen LogP contribution is 2.38. The standard InChI is InChI=1S/C24H28ClN3O/c1-16(2)13-22-24-19(20-14-17(25)9-10-21(20)26-24)11-12-28(22)23(29)15-27(3)18-7-5-4-6-8-18/h4-10,14,16,22,26H,11-13,15H2,1-3H3. The van der Waals surface area contributed by atoms with E-state index >= 15 is 0 Å². The van der Waals surface area contributed by atoms with Crippen LogP contribution in [-0.4, -0.2) is 35.9 Å². The number of hydrogen-bond donors (Lipinski definition) is 1. The van der Waals surface area contributed by atoms with Gasteiger partial charge in [-0.1, -0.05) is 43.6 Å². The van der Waals surface area contributed by atoms with Crippen LogP contribution in [0.3, 0.4) is 0 Å². The van der Waals surface area contributed by atoms with E-state index in [0.29, 0.717) is 12.5 Å². The number of benzene rings is 2. The molecule has 3 aromatic rings. The van der Waals surface area contributed by atoms with Crippen molar-refractivity contribution in [1.29, 1.82) is 0 Å². The Bertz CT molecular complexity index is 1010. The number of halogens is 1. The Kier molecular flexibility index (Phi) is 5.55. The van der Waals surface area contributed by atoms with E-state index in [2.05, 4.69) is 23.7 Å². The minimum atomic E-state index is 0.0709. The lowest BCUT2D eigenvalue weighted by atomic mass is 9.91. The van der Waals surface area contributed by atoms with Crippen molar-refractivity contribution in [2.24, 2.45) is 5.92 Å². The second-order valence-electron chi connectivity index (χ2n) is 8.38. The van der Waals surface area contributed by atoms with Crippen LogP contribution in [0.2, 0.25) is 5.02 Å². The number of para-hydroxylation sites is 1. The summed E-state index contributed by atoms with van der Waals surface area (Å²) in [6.45, 7) is 5.55. The van der Waals surface area contributed by atoms with E-state index in [1.165, 1.54) is 16.6 Å². The molecule has 2 heterocycles. The highest BCUT2D eigenvalue weighted by molar-refractivity contribution is 6.31. The molecule has 1 aliphatic heterocycles. The van der Waals surface area contributed by atoms with E-state index in [1.807, 2.05) is 60.5 Å². The van der Waals surface area contributed by atoms with Crippen LogP contribution in [0.4, 0.5) is 5.69 Å². The Morgan fingerprint density at radius 1 is 1.24 bits per heavy atom. The van der Waals surface area contributed by atoms with Gasteiger partial charge in [-0.3, -0.25) is 4.79 Å². The molecule has 0 bridgehead atoms. The predicted octanol–water partition coefficient (Wildman–Crippen LogP) is 5.43. The molecular weight excluding hydrogens is 382 g/mol. The molecule has 29 heavy (non-hydrogen) atoms. The SMILES string of the molecule is CC(C)CC1c2[nH]c3ccc(Cl)cc3c2CCN1C(=O)CN(C)c1ccccc1. The number of aromatic nitrogens is 1. The molecule has 4 nitrogen and oxygen atoms in total. The molecule has 0 radical (unpaired) electrons. The lowest BCUT2D eigenvalue weighted by Crippen LogP contribution is -2.45. The highest BCUT2D eigenvalue weighted by atomic mass is 35.5. The zero-order chi connectivity index (χ0) is 20.5. The Labute approximate surface area is 177 Å². The molecule has 1 amide bonds. The highest BCUT2D eigenvalue weighted by Gasteiger charge is 2.34. The fourth-order valence-electron chi connectivity index (χ4n) is 4.40. The monoisotopic (exact) mass is 409 g/mol. The molecule has 0 fully saturated rings. The zero-order valence-corrected chi connectivity index (χ0v) is 18.0. The summed E-state index contributed by atoms with van der Waals surface area (Å²) < 4.78 is 0. The smallest absolute Gasteiger partial charge is 0.242 e. The third-order valence-electron chi connectivity index (χ3n) is 5.80. The first kappa shape index (κ1) is 19.8. The van der Waals surface area contributed by atoms with E-state index in [1.54, 1.807) is 0 Å². The van der Waals surface area contributed by atoms with E-state index < -0.39 is 0 Å². The maximum Gasteiger partial charge on any atom is 0.242 e. The van der Waals surface area contributed by atoms with Crippen LogP contribution in [0.5, 0.6) is 0 Å². The molecule has 2 aromatic carbocycles. The lowest BCUT2D eigenvalue weighted by molar-refractivity contribution is -0.133. The average Bonchev–Trinajstić information content (AvgIpc) is 3.07. The van der Waals surface area contributed by atoms with Crippen molar-refractivity contribution in [3.63, 3.8) is 0 Å². The van der Waals surface area contributed by atoms with Crippen molar-refractivity contribution in [2.45, 2.75) is 32.7 Å². The van der Waals surface area contributed by atoms with Crippen molar-refractivity contribution < 1.29 is 4.79 Å². The Morgan fingerprint density at radius 2 is 2.00 bits per heavy atom. The van der Waals surface area contributed by atoms with E-state index in [0.717, 1.165) is 35.6 Å². The van der Waals surface area contributed by atoms with Gasteiger partial charge < -0.3 is 14.8 Å². The first-order chi connectivity index (χ1) is 13.9. The van der Waals surface area contributed by atoms with Crippen LogP contribution in [0.25, 0.3) is 10.9 Å². The van der Waals surface area contributed by atoms with E-state index in [4.69, 9.17) is 11.6 Å². The third kappa shape index (κ3) is 3.99. The Hall–Kier alpha value is -2.46. The molecule has 0 saturated carbocycles. The van der Waals surface area contributed by atoms with Crippen molar-refractivity contribution in [3.05, 3.63) is 64.8 Å². The number of anilines is 1. The van der Waals surface area contributed by atoms with E-state index in [9.17, 15) is 4.79 Å². The number of nitrogens with zero attached hydrogens (tertiary/aromatic N) is 2. The minimum absolute atomic E-state index is 0.0709. The second kappa shape index (κ2) is 8.11. The number of carbonyl (C=O) groups excluding carboxylic acids is 1. The number of aromatic amines is 1. The summed E-state index contributed by atoms with van der Waals surface area (Å²) in [4.78, 5) is 21.0. The van der Waals surface area contributed by atoms with Crippen LogP contribution in [0.15, 0.2) is 48.5 Å². The molecule has 5 heteroatoms. The third-order valence-corrected chi connectivity index (χ3v) is 6.03. The van der Waals surface area contributed by atoms with Crippen molar-refractivity contribution >= 4 is 34.1 Å². The van der Waals surface area contributed by atoms with Crippen molar-refractivity contribution in [2.75, 3.05) is 25.0 Å². The molecule has 0 spiro atoms. The predicted molar refractivity (Wildman–Crippen MR) is 121 cm³/mol. The van der Waals surface area contributed by atoms with Gasteiger partial charge in [0.2, 0.25) is 5.91 Å². The van der Waals surface area contributed by atoms with Gasteiger partial charge in [0.05, 0.1) is 12.6 Å². The first-order valence-electron chi connectivity index (χ1n) is 10.3. The molecular formula is C24H28ClN3O. The first-order valence-corrected chi connectivity index (χ1v) is 10.7. The number of hydrogen-bond acceptors (Lipinski definition) is 2. The van der Waals surface area contributed by atoms with Crippen LogP contribution >= 0.6 is 11.6 Å². The normalized spacial score (nSPS) is 16.3. The maximum absolute atomic E-state index is 13.3. The second-order valence-corrected chi connectivity index (χ2v) is 8.82. The van der Waals surface area contributed by atoms with Gasteiger partial charge in [-0.05, 0) is 54.7 Å². The molecule has 1 atom stereocenters. The number of nitrogens with one attached hydrogen (secondary N) is 1. The van der Waals surface area contributed by atoms with Crippen LogP contribution in [0, 0.1) is 5.92 Å². The zero-order valence-electron chi connectivity index (χ0n) is 17.3. The molecule has 0 aliphatic carbocycles. The topological polar surface area (TPSA) is 39.3 Å². The fourth-order valence-corrected chi connectivity index (χ4v) is 4.57.